The number of hydrogen-bond donors (Lipinski definition) is 0. The Bertz CT molecular complexity index is 937. The minimum atomic E-state index is -3.20. The molecule has 0 saturated carbocycles. The van der Waals surface area contributed by atoms with Crippen molar-refractivity contribution in [3.63, 3.8) is 0 Å². The monoisotopic (exact) mass is 390 g/mol. The third-order valence-corrected chi connectivity index (χ3v) is 5.39. The summed E-state index contributed by atoms with van der Waals surface area (Å²) in [6, 6.07) is 15.0. The van der Waals surface area contributed by atoms with Crippen LogP contribution < -0.4 is 0 Å². The minimum Gasteiger partial charge on any atom is -0.456 e. The molecule has 0 N–H and O–H groups in total. The molecule has 0 fully saturated rings. The van der Waals surface area contributed by atoms with E-state index < -0.39 is 9.84 Å². The highest BCUT2D eigenvalue weighted by Gasteiger charge is 2.16. The molecule has 0 spiro atoms. The van der Waals surface area contributed by atoms with E-state index in [4.69, 9.17) is 4.42 Å². The molecule has 1 heterocycles. The van der Waals surface area contributed by atoms with Gasteiger partial charge in [-0.3, -0.25) is 0 Å². The Morgan fingerprint density at radius 3 is 2.04 bits per heavy atom. The van der Waals surface area contributed by atoms with Crippen LogP contribution in [0.25, 0.3) is 22.3 Å². The summed E-state index contributed by atoms with van der Waals surface area (Å²) >= 11 is 3.45. The van der Waals surface area contributed by atoms with Gasteiger partial charge in [-0.05, 0) is 46.1 Å². The van der Waals surface area contributed by atoms with Gasteiger partial charge in [-0.1, -0.05) is 42.0 Å². The first-order valence-corrected chi connectivity index (χ1v) is 9.69. The van der Waals surface area contributed by atoms with E-state index in [1.54, 1.807) is 30.5 Å². The summed E-state index contributed by atoms with van der Waals surface area (Å²) < 4.78 is 29.3. The molecule has 0 saturated heterocycles. The van der Waals surface area contributed by atoms with E-state index in [1.807, 2.05) is 31.2 Å². The van der Waals surface area contributed by atoms with Crippen LogP contribution in [0.4, 0.5) is 0 Å². The molecule has 0 unspecified atom stereocenters. The molecular formula is C18H15BrO3S. The summed E-state index contributed by atoms with van der Waals surface area (Å²) in [6.45, 7) is 2.04. The molecule has 0 atom stereocenters. The maximum atomic E-state index is 11.6. The number of benzene rings is 2. The van der Waals surface area contributed by atoms with E-state index >= 15 is 0 Å². The number of sulfone groups is 1. The van der Waals surface area contributed by atoms with Crippen molar-refractivity contribution in [3.05, 3.63) is 65.0 Å². The molecule has 3 aromatic rings. The van der Waals surface area contributed by atoms with Crippen molar-refractivity contribution in [2.45, 2.75) is 11.8 Å². The smallest absolute Gasteiger partial charge is 0.177 e. The van der Waals surface area contributed by atoms with Crippen molar-refractivity contribution in [1.82, 2.24) is 0 Å². The van der Waals surface area contributed by atoms with Crippen LogP contribution in [0.15, 0.2) is 68.8 Å². The van der Waals surface area contributed by atoms with Crippen LogP contribution in [0, 0.1) is 6.92 Å². The summed E-state index contributed by atoms with van der Waals surface area (Å²) in [4.78, 5) is 0.306. The first-order valence-electron chi connectivity index (χ1n) is 7.01. The summed E-state index contributed by atoms with van der Waals surface area (Å²) in [6.07, 6.45) is 2.88. The summed E-state index contributed by atoms with van der Waals surface area (Å²) in [5.74, 6) is 0. The van der Waals surface area contributed by atoms with E-state index in [1.165, 1.54) is 11.8 Å². The van der Waals surface area contributed by atoms with E-state index in [9.17, 15) is 8.42 Å². The molecule has 0 aliphatic carbocycles. The third kappa shape index (κ3) is 3.26. The van der Waals surface area contributed by atoms with Crippen LogP contribution in [-0.2, 0) is 9.84 Å². The second kappa shape index (κ2) is 5.98. The first-order chi connectivity index (χ1) is 10.9. The lowest BCUT2D eigenvalue weighted by Crippen LogP contribution is -1.96. The van der Waals surface area contributed by atoms with Gasteiger partial charge < -0.3 is 4.42 Å². The van der Waals surface area contributed by atoms with Crippen molar-refractivity contribution >= 4 is 25.8 Å². The first kappa shape index (κ1) is 16.0. The van der Waals surface area contributed by atoms with Gasteiger partial charge in [0.1, 0.15) is 6.26 Å². The molecule has 0 bridgehead atoms. The van der Waals surface area contributed by atoms with Crippen LogP contribution in [0.2, 0.25) is 0 Å². The fraction of sp³-hybridized carbons (Fsp3) is 0.111. The lowest BCUT2D eigenvalue weighted by molar-refractivity contribution is 0.543. The minimum absolute atomic E-state index is 0.306. The molecule has 1 aromatic heterocycles. The molecular weight excluding hydrogens is 376 g/mol. The number of aryl methyl sites for hydroxylation is 1. The summed E-state index contributed by atoms with van der Waals surface area (Å²) in [5, 5.41) is 0. The molecule has 0 radical (unpaired) electrons. The van der Waals surface area contributed by atoms with E-state index in [-0.39, 0.29) is 0 Å². The van der Waals surface area contributed by atoms with Crippen molar-refractivity contribution < 1.29 is 12.8 Å². The van der Waals surface area contributed by atoms with Crippen LogP contribution in [-0.4, -0.2) is 14.7 Å². The fourth-order valence-corrected chi connectivity index (χ4v) is 3.58. The average Bonchev–Trinajstić information content (AvgIpc) is 2.89. The Morgan fingerprint density at radius 2 is 1.48 bits per heavy atom. The normalized spacial score (nSPS) is 11.6. The summed E-state index contributed by atoms with van der Waals surface area (Å²) in [7, 11) is -3.20. The van der Waals surface area contributed by atoms with Crippen LogP contribution in [0.1, 0.15) is 5.56 Å². The van der Waals surface area contributed by atoms with Gasteiger partial charge in [0.2, 0.25) is 0 Å². The highest BCUT2D eigenvalue weighted by atomic mass is 79.9. The molecule has 23 heavy (non-hydrogen) atoms. The highest BCUT2D eigenvalue weighted by Crippen LogP contribution is 2.39. The van der Waals surface area contributed by atoms with Gasteiger partial charge in [0.25, 0.3) is 0 Å². The molecule has 0 amide bonds. The van der Waals surface area contributed by atoms with Gasteiger partial charge >= 0.3 is 0 Å². The topological polar surface area (TPSA) is 47.3 Å². The molecule has 3 nitrogen and oxygen atoms in total. The zero-order valence-corrected chi connectivity index (χ0v) is 15.1. The fourth-order valence-electron chi connectivity index (χ4n) is 2.42. The Balaban J connectivity index is 2.10. The van der Waals surface area contributed by atoms with Crippen LogP contribution >= 0.6 is 15.9 Å². The maximum Gasteiger partial charge on any atom is 0.177 e. The zero-order valence-electron chi connectivity index (χ0n) is 12.7. The van der Waals surface area contributed by atoms with Crippen LogP contribution in [0.3, 0.4) is 0 Å². The number of rotatable bonds is 3. The molecule has 2 aromatic carbocycles. The quantitative estimate of drug-likeness (QED) is 0.625. The van der Waals surface area contributed by atoms with Gasteiger partial charge in [-0.25, -0.2) is 8.42 Å². The molecule has 0 aliphatic heterocycles. The van der Waals surface area contributed by atoms with Gasteiger partial charge in [-0.15, -0.1) is 0 Å². The van der Waals surface area contributed by atoms with Crippen molar-refractivity contribution in [1.29, 1.82) is 0 Å². The van der Waals surface area contributed by atoms with Crippen molar-refractivity contribution in [2.75, 3.05) is 6.26 Å². The number of furan rings is 1. The SMILES string of the molecule is Cc1ccc(-c2c(-c3ccc(S(C)(=O)=O)cc3)coc2Br)cc1. The van der Waals surface area contributed by atoms with E-state index in [0.717, 1.165) is 22.3 Å². The molecule has 0 aliphatic rings. The summed E-state index contributed by atoms with van der Waals surface area (Å²) in [5.41, 5.74) is 5.01. The van der Waals surface area contributed by atoms with Crippen LogP contribution in [0.5, 0.6) is 0 Å². The predicted octanol–water partition coefficient (Wildman–Crippen LogP) is 5.09. The second-order valence-corrected chi connectivity index (χ2v) is 8.20. The largest absolute Gasteiger partial charge is 0.456 e. The molecule has 5 heteroatoms. The highest BCUT2D eigenvalue weighted by molar-refractivity contribution is 9.10. The zero-order chi connectivity index (χ0) is 16.6. The predicted molar refractivity (Wildman–Crippen MR) is 95.1 cm³/mol. The Labute approximate surface area is 144 Å². The van der Waals surface area contributed by atoms with Crippen molar-refractivity contribution in [3.8, 4) is 22.3 Å². The van der Waals surface area contributed by atoms with E-state index in [2.05, 4.69) is 15.9 Å². The maximum absolute atomic E-state index is 11.6. The van der Waals surface area contributed by atoms with Gasteiger partial charge in [0, 0.05) is 17.4 Å². The Kier molecular flexibility index (Phi) is 4.17. The average molecular weight is 391 g/mol. The Hall–Kier alpha value is -1.85. The standard InChI is InChI=1S/C18H15BrO3S/c1-12-3-5-14(6-4-12)17-16(11-22-18(17)19)13-7-9-15(10-8-13)23(2,20)21/h3-11H,1-2H3. The lowest BCUT2D eigenvalue weighted by Gasteiger charge is -2.06. The Morgan fingerprint density at radius 1 is 0.913 bits per heavy atom. The molecule has 3 rings (SSSR count). The lowest BCUT2D eigenvalue weighted by atomic mass is 9.98. The second-order valence-electron chi connectivity index (χ2n) is 5.46. The van der Waals surface area contributed by atoms with Gasteiger partial charge in [-0.2, -0.15) is 0 Å². The van der Waals surface area contributed by atoms with E-state index in [0.29, 0.717) is 9.56 Å². The number of hydrogen-bond acceptors (Lipinski definition) is 3. The van der Waals surface area contributed by atoms with Gasteiger partial charge in [0.05, 0.1) is 4.90 Å². The number of halogens is 1. The third-order valence-electron chi connectivity index (χ3n) is 3.68. The molecule has 118 valence electrons. The van der Waals surface area contributed by atoms with Crippen molar-refractivity contribution in [2.24, 2.45) is 0 Å². The van der Waals surface area contributed by atoms with Gasteiger partial charge in [0.15, 0.2) is 14.5 Å².